The maximum atomic E-state index is 11.2. The molecule has 0 aliphatic carbocycles. The van der Waals surface area contributed by atoms with Crippen LogP contribution in [0.2, 0.25) is 0 Å². The average Bonchev–Trinajstić information content (AvgIpc) is 2.17. The van der Waals surface area contributed by atoms with Crippen LogP contribution in [0.3, 0.4) is 0 Å². The lowest BCUT2D eigenvalue weighted by Gasteiger charge is -2.27. The van der Waals surface area contributed by atoms with Gasteiger partial charge in [-0.3, -0.25) is 4.79 Å². The molecular weight excluding hydrogens is 200 g/mol. The standard InChI is InChI=1S/C11H13ClO2/c1-8(12)11(2,10(13)14)9-6-4-3-5-7-9/h3-8H,1-2H3,(H,13,14). The van der Waals surface area contributed by atoms with E-state index >= 15 is 0 Å². The SMILES string of the molecule is CC(Cl)C(C)(C(=O)O)c1ccccc1. The predicted octanol–water partition coefficient (Wildman–Crippen LogP) is 2.66. The predicted molar refractivity (Wildman–Crippen MR) is 56.7 cm³/mol. The number of hydrogen-bond acceptors (Lipinski definition) is 1. The molecule has 0 saturated carbocycles. The molecule has 0 aliphatic heterocycles. The molecule has 1 rings (SSSR count). The number of rotatable bonds is 3. The first-order valence-electron chi connectivity index (χ1n) is 4.42. The molecule has 76 valence electrons. The lowest BCUT2D eigenvalue weighted by atomic mass is 9.80. The first kappa shape index (κ1) is 11.1. The summed E-state index contributed by atoms with van der Waals surface area (Å²) in [6.07, 6.45) is 0. The number of carbonyl (C=O) groups is 1. The van der Waals surface area contributed by atoms with Crippen LogP contribution < -0.4 is 0 Å². The number of alkyl halides is 1. The quantitative estimate of drug-likeness (QED) is 0.783. The Hall–Kier alpha value is -1.02. The summed E-state index contributed by atoms with van der Waals surface area (Å²) in [7, 11) is 0. The van der Waals surface area contributed by atoms with Crippen molar-refractivity contribution in [3.8, 4) is 0 Å². The monoisotopic (exact) mass is 212 g/mol. The van der Waals surface area contributed by atoms with Gasteiger partial charge in [-0.1, -0.05) is 30.3 Å². The molecule has 3 heteroatoms. The van der Waals surface area contributed by atoms with Crippen LogP contribution in [0.1, 0.15) is 19.4 Å². The van der Waals surface area contributed by atoms with Crippen molar-refractivity contribution in [2.24, 2.45) is 0 Å². The molecule has 0 fully saturated rings. The maximum Gasteiger partial charge on any atom is 0.315 e. The number of carboxylic acids is 1. The van der Waals surface area contributed by atoms with E-state index < -0.39 is 16.8 Å². The molecule has 0 aliphatic rings. The Kier molecular flexibility index (Phi) is 3.17. The van der Waals surface area contributed by atoms with Crippen LogP contribution in [0, 0.1) is 0 Å². The molecule has 1 N–H and O–H groups in total. The van der Waals surface area contributed by atoms with Gasteiger partial charge in [-0.05, 0) is 19.4 Å². The van der Waals surface area contributed by atoms with Crippen LogP contribution in [-0.2, 0) is 10.2 Å². The van der Waals surface area contributed by atoms with Gasteiger partial charge in [0, 0.05) is 0 Å². The van der Waals surface area contributed by atoms with Gasteiger partial charge in [0.25, 0.3) is 0 Å². The zero-order chi connectivity index (χ0) is 10.8. The Labute approximate surface area is 88.5 Å². The summed E-state index contributed by atoms with van der Waals surface area (Å²) < 4.78 is 0. The fourth-order valence-electron chi connectivity index (χ4n) is 1.31. The van der Waals surface area contributed by atoms with Gasteiger partial charge in [0.2, 0.25) is 0 Å². The average molecular weight is 213 g/mol. The van der Waals surface area contributed by atoms with E-state index in [2.05, 4.69) is 0 Å². The van der Waals surface area contributed by atoms with Gasteiger partial charge in [-0.2, -0.15) is 0 Å². The second kappa shape index (κ2) is 4.01. The summed E-state index contributed by atoms with van der Waals surface area (Å²) in [6.45, 7) is 3.34. The van der Waals surface area contributed by atoms with Gasteiger partial charge in [0.15, 0.2) is 0 Å². The molecule has 2 atom stereocenters. The summed E-state index contributed by atoms with van der Waals surface area (Å²) in [6, 6.07) is 9.05. The number of carboxylic acid groups (broad SMARTS) is 1. The fourth-order valence-corrected chi connectivity index (χ4v) is 1.53. The zero-order valence-electron chi connectivity index (χ0n) is 8.20. The summed E-state index contributed by atoms with van der Waals surface area (Å²) in [5, 5.41) is 8.72. The molecule has 0 radical (unpaired) electrons. The highest BCUT2D eigenvalue weighted by atomic mass is 35.5. The topological polar surface area (TPSA) is 37.3 Å². The molecule has 0 heterocycles. The maximum absolute atomic E-state index is 11.2. The van der Waals surface area contributed by atoms with Crippen molar-refractivity contribution in [2.75, 3.05) is 0 Å². The third-order valence-corrected chi connectivity index (χ3v) is 3.05. The zero-order valence-corrected chi connectivity index (χ0v) is 8.95. The van der Waals surface area contributed by atoms with E-state index in [0.717, 1.165) is 5.56 Å². The van der Waals surface area contributed by atoms with Gasteiger partial charge in [0.05, 0.1) is 5.38 Å². The molecule has 1 aromatic rings. The highest BCUT2D eigenvalue weighted by molar-refractivity contribution is 6.23. The number of benzene rings is 1. The van der Waals surface area contributed by atoms with Crippen molar-refractivity contribution in [1.82, 2.24) is 0 Å². The van der Waals surface area contributed by atoms with Crippen molar-refractivity contribution >= 4 is 17.6 Å². The number of hydrogen-bond donors (Lipinski definition) is 1. The molecule has 2 unspecified atom stereocenters. The van der Waals surface area contributed by atoms with Gasteiger partial charge in [-0.25, -0.2) is 0 Å². The Morgan fingerprint density at radius 1 is 1.43 bits per heavy atom. The van der Waals surface area contributed by atoms with Crippen LogP contribution >= 0.6 is 11.6 Å². The minimum atomic E-state index is -1.02. The molecule has 1 aromatic carbocycles. The normalized spacial score (nSPS) is 17.1. The summed E-state index contributed by atoms with van der Waals surface area (Å²) >= 11 is 5.93. The minimum absolute atomic E-state index is 0.456. The lowest BCUT2D eigenvalue weighted by molar-refractivity contribution is -0.143. The molecule has 0 saturated heterocycles. The fraction of sp³-hybridized carbons (Fsp3) is 0.364. The van der Waals surface area contributed by atoms with Crippen molar-refractivity contribution in [2.45, 2.75) is 24.6 Å². The summed E-state index contributed by atoms with van der Waals surface area (Å²) in [4.78, 5) is 11.2. The Morgan fingerprint density at radius 2 is 1.93 bits per heavy atom. The van der Waals surface area contributed by atoms with Gasteiger partial charge >= 0.3 is 5.97 Å². The molecule has 0 aromatic heterocycles. The smallest absolute Gasteiger partial charge is 0.315 e. The lowest BCUT2D eigenvalue weighted by Crippen LogP contribution is -2.39. The summed E-state index contributed by atoms with van der Waals surface area (Å²) in [5.74, 6) is -0.897. The van der Waals surface area contributed by atoms with Crippen molar-refractivity contribution in [1.29, 1.82) is 0 Å². The first-order chi connectivity index (χ1) is 6.49. The molecular formula is C11H13ClO2. The van der Waals surface area contributed by atoms with E-state index in [9.17, 15) is 9.90 Å². The number of halogens is 1. The Bertz CT molecular complexity index is 321. The Balaban J connectivity index is 3.20. The summed E-state index contributed by atoms with van der Waals surface area (Å²) in [5.41, 5.74) is -0.294. The van der Waals surface area contributed by atoms with E-state index in [1.54, 1.807) is 26.0 Å². The van der Waals surface area contributed by atoms with E-state index in [0.29, 0.717) is 0 Å². The molecule has 0 spiro atoms. The van der Waals surface area contributed by atoms with Crippen molar-refractivity contribution in [3.63, 3.8) is 0 Å². The van der Waals surface area contributed by atoms with Gasteiger partial charge in [-0.15, -0.1) is 11.6 Å². The van der Waals surface area contributed by atoms with E-state index in [-0.39, 0.29) is 0 Å². The van der Waals surface area contributed by atoms with Crippen LogP contribution in [-0.4, -0.2) is 16.5 Å². The van der Waals surface area contributed by atoms with Gasteiger partial charge in [0.1, 0.15) is 5.41 Å². The third-order valence-electron chi connectivity index (χ3n) is 2.61. The number of aliphatic carboxylic acids is 1. The van der Waals surface area contributed by atoms with Gasteiger partial charge < -0.3 is 5.11 Å². The third kappa shape index (κ3) is 1.75. The largest absolute Gasteiger partial charge is 0.481 e. The highest BCUT2D eigenvalue weighted by Crippen LogP contribution is 2.31. The molecule has 0 bridgehead atoms. The highest BCUT2D eigenvalue weighted by Gasteiger charge is 2.39. The molecule has 2 nitrogen and oxygen atoms in total. The second-order valence-electron chi connectivity index (χ2n) is 3.49. The van der Waals surface area contributed by atoms with Crippen LogP contribution in [0.5, 0.6) is 0 Å². The minimum Gasteiger partial charge on any atom is -0.481 e. The second-order valence-corrected chi connectivity index (χ2v) is 4.14. The van der Waals surface area contributed by atoms with E-state index in [1.165, 1.54) is 0 Å². The first-order valence-corrected chi connectivity index (χ1v) is 4.86. The molecule has 14 heavy (non-hydrogen) atoms. The van der Waals surface area contributed by atoms with E-state index in [1.807, 2.05) is 18.2 Å². The van der Waals surface area contributed by atoms with E-state index in [4.69, 9.17) is 11.6 Å². The van der Waals surface area contributed by atoms with Crippen LogP contribution in [0.25, 0.3) is 0 Å². The molecule has 0 amide bonds. The van der Waals surface area contributed by atoms with Crippen molar-refractivity contribution < 1.29 is 9.90 Å². The van der Waals surface area contributed by atoms with Crippen LogP contribution in [0.4, 0.5) is 0 Å². The van der Waals surface area contributed by atoms with Crippen molar-refractivity contribution in [3.05, 3.63) is 35.9 Å². The van der Waals surface area contributed by atoms with Crippen LogP contribution in [0.15, 0.2) is 30.3 Å². The Morgan fingerprint density at radius 3 is 2.29 bits per heavy atom.